The highest BCUT2D eigenvalue weighted by molar-refractivity contribution is 7.91. The highest BCUT2D eigenvalue weighted by Crippen LogP contribution is 2.24. The molecule has 1 aliphatic heterocycles. The van der Waals surface area contributed by atoms with Gasteiger partial charge in [0.1, 0.15) is 6.10 Å². The molecule has 0 N–H and O–H groups in total. The second kappa shape index (κ2) is 4.73. The molecular weight excluding hydrogens is 228 g/mol. The number of hydrogen-bond donors (Lipinski definition) is 0. The number of sulfone groups is 1. The topological polar surface area (TPSA) is 60.4 Å². The smallest absolute Gasteiger partial charge is 0.311 e. The fourth-order valence-corrected chi connectivity index (χ4v) is 3.10. The lowest BCUT2D eigenvalue weighted by molar-refractivity contribution is -0.159. The molecule has 0 amide bonds. The standard InChI is InChI=1S/C11H20O4S/c1-4-11(2,3)10(12)15-9-6-5-7-16(13,14)8-9/h9H,4-8H2,1-3H3. The second-order valence-corrected chi connectivity index (χ2v) is 7.25. The highest BCUT2D eigenvalue weighted by Gasteiger charge is 2.33. The molecule has 0 aromatic heterocycles. The van der Waals surface area contributed by atoms with Crippen molar-refractivity contribution in [3.05, 3.63) is 0 Å². The summed E-state index contributed by atoms with van der Waals surface area (Å²) in [5.74, 6) is -0.0892. The summed E-state index contributed by atoms with van der Waals surface area (Å²) >= 11 is 0. The lowest BCUT2D eigenvalue weighted by Gasteiger charge is -2.27. The van der Waals surface area contributed by atoms with E-state index in [1.165, 1.54) is 0 Å². The van der Waals surface area contributed by atoms with E-state index in [0.717, 1.165) is 0 Å². The number of hydrogen-bond acceptors (Lipinski definition) is 4. The average Bonchev–Trinajstić information content (AvgIpc) is 2.16. The van der Waals surface area contributed by atoms with Crippen LogP contribution in [0.1, 0.15) is 40.0 Å². The summed E-state index contributed by atoms with van der Waals surface area (Å²) in [5, 5.41) is 0. The van der Waals surface area contributed by atoms with Gasteiger partial charge < -0.3 is 4.74 Å². The van der Waals surface area contributed by atoms with E-state index >= 15 is 0 Å². The number of carbonyl (C=O) groups excluding carboxylic acids is 1. The summed E-state index contributed by atoms with van der Waals surface area (Å²) in [4.78, 5) is 11.8. The molecule has 1 fully saturated rings. The molecule has 16 heavy (non-hydrogen) atoms. The van der Waals surface area contributed by atoms with Crippen molar-refractivity contribution in [1.82, 2.24) is 0 Å². The van der Waals surface area contributed by atoms with Crippen molar-refractivity contribution >= 4 is 15.8 Å². The summed E-state index contributed by atoms with van der Waals surface area (Å²) in [6, 6.07) is 0. The van der Waals surface area contributed by atoms with E-state index in [1.54, 1.807) is 0 Å². The minimum absolute atomic E-state index is 0.0153. The minimum atomic E-state index is -3.01. The van der Waals surface area contributed by atoms with Crippen LogP contribution >= 0.6 is 0 Å². The second-order valence-electron chi connectivity index (χ2n) is 5.02. The Labute approximate surface area is 97.3 Å². The van der Waals surface area contributed by atoms with E-state index in [9.17, 15) is 13.2 Å². The van der Waals surface area contributed by atoms with Gasteiger partial charge in [0.15, 0.2) is 9.84 Å². The number of carbonyl (C=O) groups is 1. The van der Waals surface area contributed by atoms with E-state index in [1.807, 2.05) is 20.8 Å². The lowest BCUT2D eigenvalue weighted by Crippen LogP contribution is -2.37. The molecule has 0 bridgehead atoms. The fourth-order valence-electron chi connectivity index (χ4n) is 1.53. The van der Waals surface area contributed by atoms with Crippen LogP contribution in [-0.4, -0.2) is 32.0 Å². The zero-order valence-corrected chi connectivity index (χ0v) is 11.0. The molecule has 0 spiro atoms. The molecule has 4 nitrogen and oxygen atoms in total. The van der Waals surface area contributed by atoms with Gasteiger partial charge in [0.05, 0.1) is 16.9 Å². The summed E-state index contributed by atoms with van der Waals surface area (Å²) in [5.41, 5.74) is -0.527. The highest BCUT2D eigenvalue weighted by atomic mass is 32.2. The Morgan fingerprint density at radius 3 is 2.56 bits per heavy atom. The molecule has 1 unspecified atom stereocenters. The van der Waals surface area contributed by atoms with Gasteiger partial charge >= 0.3 is 5.97 Å². The first kappa shape index (κ1) is 13.5. The molecule has 94 valence electrons. The molecule has 1 atom stereocenters. The third-order valence-corrected chi connectivity index (χ3v) is 4.92. The van der Waals surface area contributed by atoms with E-state index in [4.69, 9.17) is 4.74 Å². The van der Waals surface area contributed by atoms with Crippen molar-refractivity contribution in [3.8, 4) is 0 Å². The monoisotopic (exact) mass is 248 g/mol. The molecule has 0 radical (unpaired) electrons. The maximum Gasteiger partial charge on any atom is 0.311 e. The largest absolute Gasteiger partial charge is 0.461 e. The first-order valence-electron chi connectivity index (χ1n) is 5.68. The third-order valence-electron chi connectivity index (χ3n) is 3.13. The molecule has 1 rings (SSSR count). The third kappa shape index (κ3) is 3.47. The molecule has 0 aromatic carbocycles. The molecular formula is C11H20O4S. The van der Waals surface area contributed by atoms with Crippen LogP contribution < -0.4 is 0 Å². The van der Waals surface area contributed by atoms with Crippen LogP contribution in [0.4, 0.5) is 0 Å². The maximum atomic E-state index is 11.8. The fraction of sp³-hybridized carbons (Fsp3) is 0.909. The Morgan fingerprint density at radius 2 is 2.06 bits per heavy atom. The quantitative estimate of drug-likeness (QED) is 0.711. The Morgan fingerprint density at radius 1 is 1.44 bits per heavy atom. The van der Waals surface area contributed by atoms with Crippen molar-refractivity contribution in [2.45, 2.75) is 46.1 Å². The molecule has 1 saturated heterocycles. The van der Waals surface area contributed by atoms with Crippen LogP contribution in [0.5, 0.6) is 0 Å². The Hall–Kier alpha value is -0.580. The normalized spacial score (nSPS) is 25.1. The Balaban J connectivity index is 2.58. The molecule has 0 aromatic rings. The zero-order chi connectivity index (χ0) is 12.4. The van der Waals surface area contributed by atoms with Crippen LogP contribution in [0.3, 0.4) is 0 Å². The van der Waals surface area contributed by atoms with E-state index in [2.05, 4.69) is 0 Å². The van der Waals surface area contributed by atoms with E-state index in [0.29, 0.717) is 19.3 Å². The van der Waals surface area contributed by atoms with Crippen LogP contribution in [0.25, 0.3) is 0 Å². The van der Waals surface area contributed by atoms with Crippen LogP contribution in [0, 0.1) is 5.41 Å². The molecule has 0 aliphatic carbocycles. The van der Waals surface area contributed by atoms with Crippen molar-refractivity contribution in [2.24, 2.45) is 5.41 Å². The number of esters is 1. The summed E-state index contributed by atoms with van der Waals surface area (Å²) in [6.07, 6.45) is 1.49. The number of rotatable bonds is 3. The zero-order valence-electron chi connectivity index (χ0n) is 10.2. The van der Waals surface area contributed by atoms with Crippen LogP contribution in [0.2, 0.25) is 0 Å². The van der Waals surface area contributed by atoms with Crippen molar-refractivity contribution in [2.75, 3.05) is 11.5 Å². The Kier molecular flexibility index (Phi) is 3.99. The predicted octanol–water partition coefficient (Wildman–Crippen LogP) is 1.54. The van der Waals surface area contributed by atoms with Gasteiger partial charge in [-0.1, -0.05) is 6.92 Å². The lowest BCUT2D eigenvalue weighted by atomic mass is 9.90. The van der Waals surface area contributed by atoms with Crippen molar-refractivity contribution in [3.63, 3.8) is 0 Å². The molecule has 0 saturated carbocycles. The molecule has 5 heteroatoms. The van der Waals surface area contributed by atoms with Gasteiger partial charge in [-0.2, -0.15) is 0 Å². The predicted molar refractivity (Wildman–Crippen MR) is 61.8 cm³/mol. The van der Waals surface area contributed by atoms with Gasteiger partial charge in [-0.15, -0.1) is 0 Å². The minimum Gasteiger partial charge on any atom is -0.461 e. The average molecular weight is 248 g/mol. The van der Waals surface area contributed by atoms with Crippen molar-refractivity contribution in [1.29, 1.82) is 0 Å². The summed E-state index contributed by atoms with van der Waals surface area (Å²) in [6.45, 7) is 5.54. The van der Waals surface area contributed by atoms with E-state index in [-0.39, 0.29) is 17.5 Å². The summed E-state index contributed by atoms with van der Waals surface area (Å²) < 4.78 is 28.0. The first-order chi connectivity index (χ1) is 7.27. The summed E-state index contributed by atoms with van der Waals surface area (Å²) in [7, 11) is -3.01. The van der Waals surface area contributed by atoms with Gasteiger partial charge in [-0.3, -0.25) is 4.79 Å². The van der Waals surface area contributed by atoms with Crippen LogP contribution in [-0.2, 0) is 19.4 Å². The van der Waals surface area contributed by atoms with Gasteiger partial charge in [0, 0.05) is 0 Å². The Bertz CT molecular complexity index is 356. The first-order valence-corrected chi connectivity index (χ1v) is 7.50. The molecule has 1 aliphatic rings. The van der Waals surface area contributed by atoms with Gasteiger partial charge in [-0.05, 0) is 33.1 Å². The maximum absolute atomic E-state index is 11.8. The van der Waals surface area contributed by atoms with Gasteiger partial charge in [0.25, 0.3) is 0 Å². The SMILES string of the molecule is CCC(C)(C)C(=O)OC1CCCS(=O)(=O)C1. The van der Waals surface area contributed by atoms with Crippen LogP contribution in [0.15, 0.2) is 0 Å². The number of ether oxygens (including phenoxy) is 1. The van der Waals surface area contributed by atoms with Gasteiger partial charge in [-0.25, -0.2) is 8.42 Å². The molecule has 1 heterocycles. The van der Waals surface area contributed by atoms with Crippen molar-refractivity contribution < 1.29 is 17.9 Å². The van der Waals surface area contributed by atoms with E-state index < -0.39 is 21.4 Å². The van der Waals surface area contributed by atoms with Gasteiger partial charge in [0.2, 0.25) is 0 Å².